The first kappa shape index (κ1) is 14.2. The molecule has 0 radical (unpaired) electrons. The molecule has 0 aromatic heterocycles. The van der Waals surface area contributed by atoms with Crippen LogP contribution in [0.3, 0.4) is 0 Å². The van der Waals surface area contributed by atoms with Crippen LogP contribution in [-0.2, 0) is 4.79 Å². The number of nitrogen functional groups attached to an aromatic ring is 1. The van der Waals surface area contributed by atoms with Crippen molar-refractivity contribution in [1.82, 2.24) is 5.32 Å². The standard InChI is InChI=1S/C13H21N3O2/c1-3-15-13(17)5-6-16-11-7-10(14)8-12(9-11)18-4-2/h7-9,16H,3-6,14H2,1-2H3,(H,15,17). The monoisotopic (exact) mass is 251 g/mol. The Morgan fingerprint density at radius 3 is 2.78 bits per heavy atom. The summed E-state index contributed by atoms with van der Waals surface area (Å²) in [5.74, 6) is 0.775. The van der Waals surface area contributed by atoms with Crippen molar-refractivity contribution in [3.8, 4) is 5.75 Å². The molecule has 0 unspecified atom stereocenters. The highest BCUT2D eigenvalue weighted by Gasteiger charge is 2.01. The third-order valence-corrected chi connectivity index (χ3v) is 2.29. The highest BCUT2D eigenvalue weighted by molar-refractivity contribution is 5.76. The van der Waals surface area contributed by atoms with Crippen molar-refractivity contribution in [1.29, 1.82) is 0 Å². The fourth-order valence-electron chi connectivity index (χ4n) is 1.58. The fourth-order valence-corrected chi connectivity index (χ4v) is 1.58. The topological polar surface area (TPSA) is 76.4 Å². The molecule has 0 fully saturated rings. The van der Waals surface area contributed by atoms with Crippen molar-refractivity contribution in [2.45, 2.75) is 20.3 Å². The number of rotatable bonds is 7. The molecule has 0 atom stereocenters. The van der Waals surface area contributed by atoms with Gasteiger partial charge in [0.15, 0.2) is 0 Å². The molecule has 0 heterocycles. The van der Waals surface area contributed by atoms with Gasteiger partial charge >= 0.3 is 0 Å². The molecule has 0 saturated carbocycles. The number of nitrogens with two attached hydrogens (primary N) is 1. The minimum atomic E-state index is 0.0407. The number of anilines is 2. The molecule has 0 bridgehead atoms. The first-order valence-electron chi connectivity index (χ1n) is 6.19. The van der Waals surface area contributed by atoms with E-state index in [-0.39, 0.29) is 5.91 Å². The van der Waals surface area contributed by atoms with Gasteiger partial charge in [0, 0.05) is 43.0 Å². The van der Waals surface area contributed by atoms with E-state index in [2.05, 4.69) is 10.6 Å². The number of amides is 1. The zero-order valence-electron chi connectivity index (χ0n) is 11.0. The number of carbonyl (C=O) groups excluding carboxylic acids is 1. The zero-order chi connectivity index (χ0) is 13.4. The minimum Gasteiger partial charge on any atom is -0.494 e. The Morgan fingerprint density at radius 2 is 2.11 bits per heavy atom. The Morgan fingerprint density at radius 1 is 1.33 bits per heavy atom. The highest BCUT2D eigenvalue weighted by Crippen LogP contribution is 2.22. The van der Waals surface area contributed by atoms with Crippen molar-refractivity contribution in [2.24, 2.45) is 0 Å². The van der Waals surface area contributed by atoms with Gasteiger partial charge < -0.3 is 21.1 Å². The number of carbonyl (C=O) groups is 1. The molecular formula is C13H21N3O2. The lowest BCUT2D eigenvalue weighted by Crippen LogP contribution is -2.24. The van der Waals surface area contributed by atoms with Crippen molar-refractivity contribution >= 4 is 17.3 Å². The summed E-state index contributed by atoms with van der Waals surface area (Å²) < 4.78 is 5.39. The molecular weight excluding hydrogens is 230 g/mol. The third kappa shape index (κ3) is 4.95. The van der Waals surface area contributed by atoms with E-state index in [9.17, 15) is 4.79 Å². The van der Waals surface area contributed by atoms with Crippen molar-refractivity contribution in [3.63, 3.8) is 0 Å². The summed E-state index contributed by atoms with van der Waals surface area (Å²) in [7, 11) is 0. The Balaban J connectivity index is 2.48. The summed E-state index contributed by atoms with van der Waals surface area (Å²) >= 11 is 0. The average Bonchev–Trinajstić information content (AvgIpc) is 2.29. The van der Waals surface area contributed by atoms with Crippen LogP contribution in [0.1, 0.15) is 20.3 Å². The molecule has 1 aromatic carbocycles. The number of hydrogen-bond acceptors (Lipinski definition) is 4. The Bertz CT molecular complexity index is 394. The maximum atomic E-state index is 11.3. The zero-order valence-corrected chi connectivity index (χ0v) is 11.0. The summed E-state index contributed by atoms with van der Waals surface area (Å²) in [5, 5.41) is 5.90. The third-order valence-electron chi connectivity index (χ3n) is 2.29. The molecule has 0 spiro atoms. The summed E-state index contributed by atoms with van der Waals surface area (Å²) in [6.07, 6.45) is 0.437. The molecule has 0 aliphatic rings. The Labute approximate surface area is 108 Å². The van der Waals surface area contributed by atoms with Gasteiger partial charge in [-0.1, -0.05) is 0 Å². The maximum absolute atomic E-state index is 11.3. The molecule has 100 valence electrons. The van der Waals surface area contributed by atoms with Crippen LogP contribution in [0.15, 0.2) is 18.2 Å². The smallest absolute Gasteiger partial charge is 0.221 e. The largest absolute Gasteiger partial charge is 0.494 e. The predicted molar refractivity (Wildman–Crippen MR) is 73.8 cm³/mol. The van der Waals surface area contributed by atoms with E-state index in [1.54, 1.807) is 6.07 Å². The van der Waals surface area contributed by atoms with E-state index in [4.69, 9.17) is 10.5 Å². The fraction of sp³-hybridized carbons (Fsp3) is 0.462. The summed E-state index contributed by atoms with van der Waals surface area (Å²) in [6.45, 7) is 5.65. The molecule has 0 aliphatic carbocycles. The van der Waals surface area contributed by atoms with E-state index < -0.39 is 0 Å². The molecule has 18 heavy (non-hydrogen) atoms. The van der Waals surface area contributed by atoms with Crippen LogP contribution in [0.25, 0.3) is 0 Å². The maximum Gasteiger partial charge on any atom is 0.221 e. The molecule has 4 N–H and O–H groups in total. The second-order valence-corrected chi connectivity index (χ2v) is 3.85. The van der Waals surface area contributed by atoms with Crippen molar-refractivity contribution in [2.75, 3.05) is 30.7 Å². The van der Waals surface area contributed by atoms with Crippen molar-refractivity contribution < 1.29 is 9.53 Å². The van der Waals surface area contributed by atoms with Gasteiger partial charge in [0.05, 0.1) is 6.61 Å². The van der Waals surface area contributed by atoms with Gasteiger partial charge in [0.25, 0.3) is 0 Å². The van der Waals surface area contributed by atoms with E-state index in [1.165, 1.54) is 0 Å². The van der Waals surface area contributed by atoms with Crippen LogP contribution in [0.4, 0.5) is 11.4 Å². The first-order chi connectivity index (χ1) is 8.65. The molecule has 0 saturated heterocycles. The summed E-state index contributed by atoms with van der Waals surface area (Å²) in [4.78, 5) is 11.3. The van der Waals surface area contributed by atoms with Crippen LogP contribution in [0.2, 0.25) is 0 Å². The van der Waals surface area contributed by atoms with Crippen LogP contribution in [-0.4, -0.2) is 25.6 Å². The highest BCUT2D eigenvalue weighted by atomic mass is 16.5. The van der Waals surface area contributed by atoms with E-state index in [0.29, 0.717) is 31.8 Å². The Hall–Kier alpha value is -1.91. The van der Waals surface area contributed by atoms with E-state index in [1.807, 2.05) is 26.0 Å². The van der Waals surface area contributed by atoms with E-state index >= 15 is 0 Å². The summed E-state index contributed by atoms with van der Waals surface area (Å²) in [6, 6.07) is 5.47. The van der Waals surface area contributed by atoms with Gasteiger partial charge in [-0.3, -0.25) is 4.79 Å². The van der Waals surface area contributed by atoms with Crippen LogP contribution in [0.5, 0.6) is 5.75 Å². The van der Waals surface area contributed by atoms with Crippen LogP contribution < -0.4 is 21.1 Å². The molecule has 5 nitrogen and oxygen atoms in total. The van der Waals surface area contributed by atoms with Crippen LogP contribution >= 0.6 is 0 Å². The molecule has 1 amide bonds. The quantitative estimate of drug-likeness (QED) is 0.643. The lowest BCUT2D eigenvalue weighted by molar-refractivity contribution is -0.120. The molecule has 1 aromatic rings. The van der Waals surface area contributed by atoms with E-state index in [0.717, 1.165) is 11.4 Å². The van der Waals surface area contributed by atoms with Gasteiger partial charge in [0.1, 0.15) is 5.75 Å². The number of benzene rings is 1. The number of hydrogen-bond donors (Lipinski definition) is 3. The predicted octanol–water partition coefficient (Wildman–Crippen LogP) is 1.61. The van der Waals surface area contributed by atoms with Crippen molar-refractivity contribution in [3.05, 3.63) is 18.2 Å². The average molecular weight is 251 g/mol. The Kier molecular flexibility index (Phi) is 5.84. The number of ether oxygens (including phenoxy) is 1. The summed E-state index contributed by atoms with van der Waals surface area (Å²) in [5.41, 5.74) is 7.27. The number of nitrogens with one attached hydrogen (secondary N) is 2. The van der Waals surface area contributed by atoms with Gasteiger partial charge in [0.2, 0.25) is 5.91 Å². The molecule has 5 heteroatoms. The SMILES string of the molecule is CCNC(=O)CCNc1cc(N)cc(OCC)c1. The lowest BCUT2D eigenvalue weighted by atomic mass is 10.2. The second kappa shape index (κ2) is 7.42. The first-order valence-corrected chi connectivity index (χ1v) is 6.19. The molecule has 0 aliphatic heterocycles. The lowest BCUT2D eigenvalue weighted by Gasteiger charge is -2.10. The van der Waals surface area contributed by atoms with Gasteiger partial charge in [-0.25, -0.2) is 0 Å². The van der Waals surface area contributed by atoms with Gasteiger partial charge in [-0.2, -0.15) is 0 Å². The van der Waals surface area contributed by atoms with Gasteiger partial charge in [-0.15, -0.1) is 0 Å². The normalized spacial score (nSPS) is 9.89. The molecule has 1 rings (SSSR count). The second-order valence-electron chi connectivity index (χ2n) is 3.85. The van der Waals surface area contributed by atoms with Gasteiger partial charge in [-0.05, 0) is 19.9 Å². The minimum absolute atomic E-state index is 0.0407. The van der Waals surface area contributed by atoms with Crippen LogP contribution in [0, 0.1) is 0 Å².